The van der Waals surface area contributed by atoms with Crippen LogP contribution >= 0.6 is 22.7 Å². The molecule has 7 heteroatoms. The molecule has 0 radical (unpaired) electrons. The smallest absolute Gasteiger partial charge is 0.252 e. The van der Waals surface area contributed by atoms with Crippen LogP contribution in [0.25, 0.3) is 0 Å². The number of hydrogen-bond acceptors (Lipinski definition) is 5. The van der Waals surface area contributed by atoms with Gasteiger partial charge in [-0.3, -0.25) is 9.59 Å². The van der Waals surface area contributed by atoms with Gasteiger partial charge in [-0.1, -0.05) is 6.42 Å². The molecule has 0 unspecified atom stereocenters. The van der Waals surface area contributed by atoms with E-state index in [4.69, 9.17) is 0 Å². The van der Waals surface area contributed by atoms with Crippen molar-refractivity contribution in [1.82, 2.24) is 15.6 Å². The zero-order valence-electron chi connectivity index (χ0n) is 16.9. The molecule has 0 saturated heterocycles. The molecule has 0 aromatic carbocycles. The molecule has 29 heavy (non-hydrogen) atoms. The third kappa shape index (κ3) is 5.07. The number of hydrogen-bond donors (Lipinski definition) is 2. The van der Waals surface area contributed by atoms with Crippen molar-refractivity contribution in [2.75, 3.05) is 6.54 Å². The number of thiophene rings is 1. The predicted molar refractivity (Wildman–Crippen MR) is 117 cm³/mol. The van der Waals surface area contributed by atoms with Crippen LogP contribution in [0.1, 0.15) is 71.2 Å². The second-order valence-corrected chi connectivity index (χ2v) is 10.5. The summed E-state index contributed by atoms with van der Waals surface area (Å²) in [5.74, 6) is 1.37. The van der Waals surface area contributed by atoms with Crippen LogP contribution in [-0.2, 0) is 4.79 Å². The zero-order chi connectivity index (χ0) is 20.2. The highest BCUT2D eigenvalue weighted by atomic mass is 32.1. The average molecular weight is 432 g/mol. The molecule has 2 saturated carbocycles. The highest BCUT2D eigenvalue weighted by molar-refractivity contribution is 7.10. The molecule has 2 aliphatic carbocycles. The number of rotatable bonds is 7. The van der Waals surface area contributed by atoms with Crippen LogP contribution in [-0.4, -0.2) is 23.3 Å². The number of carbonyl (C=O) groups excluding carboxylic acids is 2. The molecule has 2 aromatic rings. The Hall–Kier alpha value is -1.73. The number of amides is 2. The Morgan fingerprint density at radius 2 is 1.97 bits per heavy atom. The van der Waals surface area contributed by atoms with Gasteiger partial charge in [0.2, 0.25) is 5.91 Å². The Morgan fingerprint density at radius 3 is 2.55 bits per heavy atom. The molecule has 2 N–H and O–H groups in total. The molecular formula is C22H29N3O2S2. The maximum Gasteiger partial charge on any atom is 0.252 e. The summed E-state index contributed by atoms with van der Waals surface area (Å²) in [6.45, 7) is 2.75. The quantitative estimate of drug-likeness (QED) is 0.667. The lowest BCUT2D eigenvalue weighted by molar-refractivity contribution is -0.128. The summed E-state index contributed by atoms with van der Waals surface area (Å²) in [6.07, 6.45) is 9.32. The molecule has 0 aliphatic heterocycles. The van der Waals surface area contributed by atoms with Gasteiger partial charge in [0.05, 0.1) is 11.6 Å². The highest BCUT2D eigenvalue weighted by Gasteiger charge is 2.34. The van der Waals surface area contributed by atoms with E-state index >= 15 is 0 Å². The van der Waals surface area contributed by atoms with Crippen molar-refractivity contribution >= 4 is 34.5 Å². The van der Waals surface area contributed by atoms with Crippen LogP contribution < -0.4 is 10.6 Å². The van der Waals surface area contributed by atoms with Crippen LogP contribution in [0, 0.1) is 24.7 Å². The number of carbonyl (C=O) groups is 2. The minimum absolute atomic E-state index is 0.0323. The summed E-state index contributed by atoms with van der Waals surface area (Å²) < 4.78 is 0. The first kappa shape index (κ1) is 20.5. The van der Waals surface area contributed by atoms with Crippen LogP contribution in [0.4, 0.5) is 0 Å². The second kappa shape index (κ2) is 9.39. The van der Waals surface area contributed by atoms with Crippen molar-refractivity contribution < 1.29 is 9.59 Å². The summed E-state index contributed by atoms with van der Waals surface area (Å²) in [5.41, 5.74) is 0.767. The largest absolute Gasteiger partial charge is 0.352 e. The van der Waals surface area contributed by atoms with Gasteiger partial charge in [0.1, 0.15) is 5.01 Å². The molecule has 0 bridgehead atoms. The Labute approximate surface area is 180 Å². The van der Waals surface area contributed by atoms with Gasteiger partial charge in [-0.2, -0.15) is 0 Å². The average Bonchev–Trinajstić information content (AvgIpc) is 3.35. The SMILES string of the molecule is Cc1cc(C(=O)NCC2CCC([C@@H](NC(=O)C3CCC3)c3nccs3)CC2)cs1. The molecular weight excluding hydrogens is 402 g/mol. The van der Waals surface area contributed by atoms with Crippen LogP contribution in [0.3, 0.4) is 0 Å². The zero-order valence-corrected chi connectivity index (χ0v) is 18.5. The predicted octanol–water partition coefficient (Wildman–Crippen LogP) is 4.71. The number of nitrogens with zero attached hydrogens (tertiary/aromatic N) is 1. The molecule has 4 rings (SSSR count). The Kier molecular flexibility index (Phi) is 6.65. The lowest BCUT2D eigenvalue weighted by atomic mass is 9.78. The van der Waals surface area contributed by atoms with Crippen molar-refractivity contribution in [3.8, 4) is 0 Å². The van der Waals surface area contributed by atoms with Gasteiger partial charge in [0, 0.05) is 34.3 Å². The third-order valence-corrected chi connectivity index (χ3v) is 8.12. The van der Waals surface area contributed by atoms with E-state index in [0.717, 1.165) is 60.5 Å². The van der Waals surface area contributed by atoms with E-state index in [0.29, 0.717) is 11.8 Å². The van der Waals surface area contributed by atoms with Crippen LogP contribution in [0.2, 0.25) is 0 Å². The summed E-state index contributed by atoms with van der Waals surface area (Å²) in [4.78, 5) is 30.5. The van der Waals surface area contributed by atoms with E-state index < -0.39 is 0 Å². The van der Waals surface area contributed by atoms with Gasteiger partial charge in [0.15, 0.2) is 0 Å². The molecule has 2 aliphatic rings. The minimum Gasteiger partial charge on any atom is -0.352 e. The summed E-state index contributed by atoms with van der Waals surface area (Å²) in [6, 6.07) is 1.98. The lowest BCUT2D eigenvalue weighted by Crippen LogP contribution is -2.41. The Balaban J connectivity index is 1.29. The van der Waals surface area contributed by atoms with E-state index in [1.165, 1.54) is 6.42 Å². The maximum atomic E-state index is 12.6. The fourth-order valence-electron chi connectivity index (χ4n) is 4.34. The normalized spacial score (nSPS) is 23.2. The standard InChI is InChI=1S/C22H29N3O2S2/c1-14-11-18(13-29-14)20(26)24-12-15-5-7-16(8-6-15)19(22-23-9-10-28-22)25-21(27)17-3-2-4-17/h9-11,13,15-17,19H,2-8,12H2,1H3,(H,24,26)(H,25,27)/t15?,16?,19-/m1/s1. The van der Waals surface area contributed by atoms with Crippen molar-refractivity contribution in [2.24, 2.45) is 17.8 Å². The molecule has 0 spiro atoms. The van der Waals surface area contributed by atoms with Gasteiger partial charge in [-0.25, -0.2) is 4.98 Å². The van der Waals surface area contributed by atoms with Gasteiger partial charge in [-0.15, -0.1) is 22.7 Å². The molecule has 2 fully saturated rings. The minimum atomic E-state index is 0.0323. The maximum absolute atomic E-state index is 12.6. The van der Waals surface area contributed by atoms with E-state index in [2.05, 4.69) is 15.6 Å². The first-order valence-corrected chi connectivity index (χ1v) is 12.4. The molecule has 156 valence electrons. The van der Waals surface area contributed by atoms with Crippen LogP contribution in [0.5, 0.6) is 0 Å². The number of aryl methyl sites for hydroxylation is 1. The Bertz CT molecular complexity index is 821. The topological polar surface area (TPSA) is 71.1 Å². The van der Waals surface area contributed by atoms with E-state index in [1.807, 2.05) is 29.9 Å². The monoisotopic (exact) mass is 431 g/mol. The van der Waals surface area contributed by atoms with Gasteiger partial charge >= 0.3 is 0 Å². The second-order valence-electron chi connectivity index (χ2n) is 8.42. The Morgan fingerprint density at radius 1 is 1.17 bits per heavy atom. The number of thiazole rings is 1. The summed E-state index contributed by atoms with van der Waals surface area (Å²) in [7, 11) is 0. The van der Waals surface area contributed by atoms with Crippen molar-refractivity contribution in [1.29, 1.82) is 0 Å². The van der Waals surface area contributed by atoms with E-state index in [9.17, 15) is 9.59 Å². The molecule has 1 atom stereocenters. The first-order chi connectivity index (χ1) is 14.1. The third-order valence-electron chi connectivity index (χ3n) is 6.40. The van der Waals surface area contributed by atoms with Gasteiger partial charge in [-0.05, 0) is 63.4 Å². The highest BCUT2D eigenvalue weighted by Crippen LogP contribution is 2.38. The lowest BCUT2D eigenvalue weighted by Gasteiger charge is -2.35. The van der Waals surface area contributed by atoms with Gasteiger partial charge in [0.25, 0.3) is 5.91 Å². The number of aromatic nitrogens is 1. The van der Waals surface area contributed by atoms with Gasteiger partial charge < -0.3 is 10.6 Å². The van der Waals surface area contributed by atoms with Crippen molar-refractivity contribution in [3.05, 3.63) is 38.5 Å². The molecule has 2 heterocycles. The fourth-order valence-corrected chi connectivity index (χ4v) is 5.80. The van der Waals surface area contributed by atoms with Crippen molar-refractivity contribution in [2.45, 2.75) is 57.9 Å². The molecule has 2 amide bonds. The summed E-state index contributed by atoms with van der Waals surface area (Å²) >= 11 is 3.25. The number of nitrogens with one attached hydrogen (secondary N) is 2. The molecule has 2 aromatic heterocycles. The molecule has 5 nitrogen and oxygen atoms in total. The van der Waals surface area contributed by atoms with E-state index in [1.54, 1.807) is 22.7 Å². The fraction of sp³-hybridized carbons (Fsp3) is 0.591. The van der Waals surface area contributed by atoms with Crippen LogP contribution in [0.15, 0.2) is 23.0 Å². The van der Waals surface area contributed by atoms with E-state index in [-0.39, 0.29) is 23.8 Å². The van der Waals surface area contributed by atoms with Crippen molar-refractivity contribution in [3.63, 3.8) is 0 Å². The summed E-state index contributed by atoms with van der Waals surface area (Å²) in [5, 5.41) is 11.4. The first-order valence-electron chi connectivity index (χ1n) is 10.6.